The lowest BCUT2D eigenvalue weighted by molar-refractivity contribution is -0.126. The third kappa shape index (κ3) is 3.07. The molecule has 4 rings (SSSR count). The molecule has 1 atom stereocenters. The number of amides is 3. The summed E-state index contributed by atoms with van der Waals surface area (Å²) < 4.78 is 0. The molecule has 0 aliphatic carbocycles. The number of benzene rings is 1. The Hall–Kier alpha value is -2.19. The van der Waals surface area contributed by atoms with Crippen LogP contribution in [-0.2, 0) is 4.79 Å². The van der Waals surface area contributed by atoms with E-state index >= 15 is 0 Å². The summed E-state index contributed by atoms with van der Waals surface area (Å²) in [6.45, 7) is 0.915. The van der Waals surface area contributed by atoms with Crippen molar-refractivity contribution in [2.45, 2.75) is 12.5 Å². The molecule has 0 radical (unpaired) electrons. The molecule has 2 aliphatic rings. The van der Waals surface area contributed by atoms with Gasteiger partial charge >= 0.3 is 0 Å². The van der Waals surface area contributed by atoms with Crippen molar-refractivity contribution in [3.8, 4) is 10.6 Å². The third-order valence-electron chi connectivity index (χ3n) is 4.34. The Morgan fingerprint density at radius 1 is 1.20 bits per heavy atom. The van der Waals surface area contributed by atoms with E-state index in [0.29, 0.717) is 25.2 Å². The lowest BCUT2D eigenvalue weighted by Gasteiger charge is -2.21. The van der Waals surface area contributed by atoms with Crippen LogP contribution < -0.4 is 0 Å². The fourth-order valence-electron chi connectivity index (χ4n) is 3.10. The molecular weight excluding hydrogens is 358 g/mol. The Labute approximate surface area is 152 Å². The molecule has 2 fully saturated rings. The number of thioether (sulfide) groups is 1. The summed E-state index contributed by atoms with van der Waals surface area (Å²) in [6.07, 6.45) is 0.624. The Kier molecular flexibility index (Phi) is 4.30. The second-order valence-corrected chi connectivity index (χ2v) is 7.70. The van der Waals surface area contributed by atoms with Gasteiger partial charge in [-0.2, -0.15) is 0 Å². The molecule has 128 valence electrons. The van der Waals surface area contributed by atoms with Crippen molar-refractivity contribution in [1.82, 2.24) is 14.8 Å². The predicted octanol–water partition coefficient (Wildman–Crippen LogP) is 2.72. The minimum absolute atomic E-state index is 0.146. The van der Waals surface area contributed by atoms with Gasteiger partial charge in [-0.1, -0.05) is 42.1 Å². The third-order valence-corrected chi connectivity index (χ3v) is 6.07. The lowest BCUT2D eigenvalue weighted by Crippen LogP contribution is -2.41. The SMILES string of the molecule is O=C(c1csc(-c2ccccc2)n1)N1CCC(N2C(=O)CSC2=O)C1. The first-order valence-electron chi connectivity index (χ1n) is 7.92. The van der Waals surface area contributed by atoms with Gasteiger partial charge in [-0.25, -0.2) is 4.98 Å². The van der Waals surface area contributed by atoms with Crippen molar-refractivity contribution < 1.29 is 14.4 Å². The number of aromatic nitrogens is 1. The van der Waals surface area contributed by atoms with Gasteiger partial charge in [-0.05, 0) is 6.42 Å². The van der Waals surface area contributed by atoms with Gasteiger partial charge in [0, 0.05) is 24.0 Å². The molecule has 6 nitrogen and oxygen atoms in total. The van der Waals surface area contributed by atoms with Gasteiger partial charge in [-0.15, -0.1) is 11.3 Å². The van der Waals surface area contributed by atoms with E-state index in [9.17, 15) is 14.4 Å². The van der Waals surface area contributed by atoms with Gasteiger partial charge in [0.25, 0.3) is 11.1 Å². The Balaban J connectivity index is 1.46. The maximum atomic E-state index is 12.7. The summed E-state index contributed by atoms with van der Waals surface area (Å²) >= 11 is 2.47. The first kappa shape index (κ1) is 16.3. The number of nitrogens with zero attached hydrogens (tertiary/aromatic N) is 3. The molecule has 1 unspecified atom stereocenters. The van der Waals surface area contributed by atoms with E-state index in [1.54, 1.807) is 10.3 Å². The van der Waals surface area contributed by atoms with Gasteiger partial charge < -0.3 is 4.90 Å². The van der Waals surface area contributed by atoms with E-state index in [1.165, 1.54) is 16.2 Å². The van der Waals surface area contributed by atoms with E-state index in [1.807, 2.05) is 30.3 Å². The summed E-state index contributed by atoms with van der Waals surface area (Å²) in [7, 11) is 0. The first-order chi connectivity index (χ1) is 12.1. The number of carbonyl (C=O) groups excluding carboxylic acids is 3. The highest BCUT2D eigenvalue weighted by Gasteiger charge is 2.40. The molecule has 1 aromatic carbocycles. The first-order valence-corrected chi connectivity index (χ1v) is 9.79. The zero-order valence-corrected chi connectivity index (χ0v) is 14.9. The second kappa shape index (κ2) is 6.61. The molecule has 3 heterocycles. The highest BCUT2D eigenvalue weighted by molar-refractivity contribution is 8.14. The number of imide groups is 1. The van der Waals surface area contributed by atoms with Crippen molar-refractivity contribution in [1.29, 1.82) is 0 Å². The minimum Gasteiger partial charge on any atom is -0.335 e. The predicted molar refractivity (Wildman–Crippen MR) is 96.6 cm³/mol. The number of hydrogen-bond acceptors (Lipinski definition) is 6. The fraction of sp³-hybridized carbons (Fsp3) is 0.294. The van der Waals surface area contributed by atoms with Crippen LogP contribution in [-0.4, -0.2) is 56.7 Å². The van der Waals surface area contributed by atoms with Gasteiger partial charge in [0.2, 0.25) is 5.91 Å². The number of hydrogen-bond donors (Lipinski definition) is 0. The van der Waals surface area contributed by atoms with Crippen molar-refractivity contribution in [3.05, 3.63) is 41.4 Å². The molecule has 0 spiro atoms. The zero-order valence-electron chi connectivity index (χ0n) is 13.3. The van der Waals surface area contributed by atoms with Crippen LogP contribution >= 0.6 is 23.1 Å². The van der Waals surface area contributed by atoms with Gasteiger partial charge in [-0.3, -0.25) is 19.3 Å². The highest BCUT2D eigenvalue weighted by atomic mass is 32.2. The molecular formula is C17H15N3O3S2. The molecule has 2 aliphatic heterocycles. The highest BCUT2D eigenvalue weighted by Crippen LogP contribution is 2.28. The molecule has 0 saturated carbocycles. The number of rotatable bonds is 3. The average Bonchev–Trinajstić information content (AvgIpc) is 3.35. The Morgan fingerprint density at radius 3 is 2.72 bits per heavy atom. The van der Waals surface area contributed by atoms with Crippen LogP contribution in [0.1, 0.15) is 16.9 Å². The van der Waals surface area contributed by atoms with Crippen molar-refractivity contribution in [2.75, 3.05) is 18.8 Å². The molecule has 0 N–H and O–H groups in total. The molecule has 25 heavy (non-hydrogen) atoms. The molecule has 3 amide bonds. The molecule has 8 heteroatoms. The van der Waals surface area contributed by atoms with Crippen LogP contribution in [0.2, 0.25) is 0 Å². The Bertz CT molecular complexity index is 821. The standard InChI is InChI=1S/C17H15N3O3S2/c21-14-10-25-17(23)20(14)12-6-7-19(8-12)16(22)13-9-24-15(18-13)11-4-2-1-3-5-11/h1-5,9,12H,6-8,10H2. The van der Waals surface area contributed by atoms with E-state index in [-0.39, 0.29) is 28.8 Å². The average molecular weight is 373 g/mol. The summed E-state index contributed by atoms with van der Waals surface area (Å²) in [4.78, 5) is 43.8. The van der Waals surface area contributed by atoms with Crippen molar-refractivity contribution >= 4 is 40.2 Å². The topological polar surface area (TPSA) is 70.6 Å². The van der Waals surface area contributed by atoms with Crippen molar-refractivity contribution in [3.63, 3.8) is 0 Å². The maximum Gasteiger partial charge on any atom is 0.289 e. The number of likely N-dealkylation sites (tertiary alicyclic amines) is 1. The normalized spacial score (nSPS) is 20.6. The van der Waals surface area contributed by atoms with Crippen LogP contribution in [0.5, 0.6) is 0 Å². The summed E-state index contributed by atoms with van der Waals surface area (Å²) in [5, 5.41) is 2.37. The minimum atomic E-state index is -0.217. The maximum absolute atomic E-state index is 12.7. The number of carbonyl (C=O) groups is 3. The molecule has 0 bridgehead atoms. The molecule has 1 aromatic heterocycles. The van der Waals surface area contributed by atoms with E-state index < -0.39 is 0 Å². The Morgan fingerprint density at radius 2 is 2.00 bits per heavy atom. The van der Waals surface area contributed by atoms with E-state index in [2.05, 4.69) is 4.98 Å². The van der Waals surface area contributed by atoms with Crippen LogP contribution in [0.25, 0.3) is 10.6 Å². The largest absolute Gasteiger partial charge is 0.335 e. The van der Waals surface area contributed by atoms with E-state index in [4.69, 9.17) is 0 Å². The van der Waals surface area contributed by atoms with Crippen LogP contribution in [0, 0.1) is 0 Å². The fourth-order valence-corrected chi connectivity index (χ4v) is 4.68. The summed E-state index contributed by atoms with van der Waals surface area (Å²) in [6, 6.07) is 9.51. The zero-order chi connectivity index (χ0) is 17.4. The molecule has 2 aromatic rings. The van der Waals surface area contributed by atoms with Crippen LogP contribution in [0.3, 0.4) is 0 Å². The van der Waals surface area contributed by atoms with Crippen LogP contribution in [0.4, 0.5) is 4.79 Å². The lowest BCUT2D eigenvalue weighted by atomic mass is 10.2. The van der Waals surface area contributed by atoms with Gasteiger partial charge in [0.15, 0.2) is 0 Å². The summed E-state index contributed by atoms with van der Waals surface area (Å²) in [5.41, 5.74) is 1.40. The quantitative estimate of drug-likeness (QED) is 0.827. The molecule has 2 saturated heterocycles. The van der Waals surface area contributed by atoms with Crippen molar-refractivity contribution in [2.24, 2.45) is 0 Å². The van der Waals surface area contributed by atoms with E-state index in [0.717, 1.165) is 22.3 Å². The monoisotopic (exact) mass is 373 g/mol. The smallest absolute Gasteiger partial charge is 0.289 e. The number of thiazole rings is 1. The van der Waals surface area contributed by atoms with Crippen LogP contribution in [0.15, 0.2) is 35.7 Å². The van der Waals surface area contributed by atoms with Gasteiger partial charge in [0.05, 0.1) is 11.8 Å². The van der Waals surface area contributed by atoms with Gasteiger partial charge in [0.1, 0.15) is 10.7 Å². The summed E-state index contributed by atoms with van der Waals surface area (Å²) in [5.74, 6) is -0.0995. The second-order valence-electron chi connectivity index (χ2n) is 5.92.